The number of fused-ring (bicyclic) bond motifs is 1. The molecule has 2 aromatic carbocycles. The Morgan fingerprint density at radius 3 is 2.50 bits per heavy atom. The number of rotatable bonds is 6. The van der Waals surface area contributed by atoms with Crippen LogP contribution in [0.4, 0.5) is 11.4 Å². The van der Waals surface area contributed by atoms with Gasteiger partial charge in [0.25, 0.3) is 11.2 Å². The van der Waals surface area contributed by atoms with Crippen molar-refractivity contribution in [2.24, 2.45) is 0 Å². The number of benzene rings is 2. The second kappa shape index (κ2) is 8.93. The minimum absolute atomic E-state index is 0.0190. The van der Waals surface area contributed by atoms with Crippen molar-refractivity contribution in [2.45, 2.75) is 19.0 Å². The van der Waals surface area contributed by atoms with Gasteiger partial charge in [-0.05, 0) is 43.7 Å². The number of carbonyl (C=O) groups excluding carboxylic acids is 1. The van der Waals surface area contributed by atoms with Crippen LogP contribution in [0.25, 0.3) is 15.9 Å². The number of hydrogen-bond acceptors (Lipinski definition) is 7. The van der Waals surface area contributed by atoms with E-state index in [1.807, 2.05) is 44.2 Å². The van der Waals surface area contributed by atoms with Crippen molar-refractivity contribution in [3.8, 4) is 5.69 Å². The predicted octanol–water partition coefficient (Wildman–Crippen LogP) is 4.70. The molecule has 0 fully saturated rings. The molecule has 1 N–H and O–H groups in total. The van der Waals surface area contributed by atoms with Crippen LogP contribution in [0.5, 0.6) is 0 Å². The molecule has 0 radical (unpaired) electrons. The number of anilines is 1. The summed E-state index contributed by atoms with van der Waals surface area (Å²) in [5, 5.41) is 14.5. The Morgan fingerprint density at radius 1 is 1.16 bits per heavy atom. The first-order chi connectivity index (χ1) is 15.3. The third-order valence-electron chi connectivity index (χ3n) is 4.88. The maximum atomic E-state index is 13.4. The number of para-hydroxylation sites is 1. The summed E-state index contributed by atoms with van der Waals surface area (Å²) in [6.07, 6.45) is 0. The first-order valence-electron chi connectivity index (χ1n) is 9.60. The van der Waals surface area contributed by atoms with Crippen molar-refractivity contribution in [2.75, 3.05) is 11.1 Å². The lowest BCUT2D eigenvalue weighted by Gasteiger charge is -2.12. The number of nitrogens with one attached hydrogen (secondary N) is 1. The van der Waals surface area contributed by atoms with Gasteiger partial charge in [0.05, 0.1) is 21.7 Å². The molecule has 0 aliphatic carbocycles. The predicted molar refractivity (Wildman–Crippen MR) is 127 cm³/mol. The van der Waals surface area contributed by atoms with Crippen LogP contribution in [0.3, 0.4) is 0 Å². The number of non-ortho nitro benzene ring substituents is 1. The normalized spacial score (nSPS) is 10.9. The first kappa shape index (κ1) is 21.7. The molecule has 10 heteroatoms. The first-order valence-corrected chi connectivity index (χ1v) is 11.4. The summed E-state index contributed by atoms with van der Waals surface area (Å²) in [6.45, 7) is 3.87. The van der Waals surface area contributed by atoms with Gasteiger partial charge in [0.1, 0.15) is 4.83 Å². The number of hydrogen-bond donors (Lipinski definition) is 1. The van der Waals surface area contributed by atoms with Crippen molar-refractivity contribution in [3.05, 3.63) is 85.5 Å². The molecule has 162 valence electrons. The maximum absolute atomic E-state index is 13.4. The van der Waals surface area contributed by atoms with E-state index in [-0.39, 0.29) is 22.9 Å². The fourth-order valence-corrected chi connectivity index (χ4v) is 5.05. The van der Waals surface area contributed by atoms with Crippen LogP contribution in [0.1, 0.15) is 10.4 Å². The number of carbonyl (C=O) groups is 1. The largest absolute Gasteiger partial charge is 0.325 e. The fraction of sp³-hybridized carbons (Fsp3) is 0.136. The second-order valence-electron chi connectivity index (χ2n) is 6.97. The van der Waals surface area contributed by atoms with E-state index in [2.05, 4.69) is 5.32 Å². The molecule has 0 aliphatic heterocycles. The Hall–Kier alpha value is -3.50. The third-order valence-corrected chi connectivity index (χ3v) is 6.92. The summed E-state index contributed by atoms with van der Waals surface area (Å²) in [5.74, 6) is -0.290. The number of nitro groups is 1. The van der Waals surface area contributed by atoms with Crippen LogP contribution in [0, 0.1) is 24.0 Å². The summed E-state index contributed by atoms with van der Waals surface area (Å²) in [7, 11) is 0. The molecule has 0 atom stereocenters. The molecule has 0 saturated carbocycles. The van der Waals surface area contributed by atoms with Crippen LogP contribution in [-0.4, -0.2) is 26.1 Å². The van der Waals surface area contributed by atoms with Crippen LogP contribution in [0.2, 0.25) is 0 Å². The Bertz CT molecular complexity index is 1380. The summed E-state index contributed by atoms with van der Waals surface area (Å²) >= 11 is 2.62. The van der Waals surface area contributed by atoms with Crippen molar-refractivity contribution >= 4 is 50.6 Å². The summed E-state index contributed by atoms with van der Waals surface area (Å²) in [5.41, 5.74) is 1.83. The number of nitrogens with zero attached hydrogens (tertiary/aromatic N) is 3. The molecule has 4 rings (SSSR count). The smallest absolute Gasteiger partial charge is 0.269 e. The highest BCUT2D eigenvalue weighted by molar-refractivity contribution is 7.99. The van der Waals surface area contributed by atoms with Crippen LogP contribution in [0.15, 0.2) is 64.5 Å². The van der Waals surface area contributed by atoms with Gasteiger partial charge in [-0.2, -0.15) is 0 Å². The molecule has 2 aromatic heterocycles. The number of nitro benzene ring substituents is 1. The van der Waals surface area contributed by atoms with Gasteiger partial charge in [0, 0.05) is 22.7 Å². The zero-order chi connectivity index (χ0) is 22.8. The van der Waals surface area contributed by atoms with Gasteiger partial charge in [-0.25, -0.2) is 4.98 Å². The molecule has 2 heterocycles. The number of aromatic nitrogens is 2. The molecule has 32 heavy (non-hydrogen) atoms. The number of aryl methyl sites for hydroxylation is 2. The van der Waals surface area contributed by atoms with Crippen molar-refractivity contribution < 1.29 is 9.72 Å². The monoisotopic (exact) mass is 466 g/mol. The molecule has 0 spiro atoms. The lowest BCUT2D eigenvalue weighted by Crippen LogP contribution is -2.22. The van der Waals surface area contributed by atoms with Gasteiger partial charge in [0.2, 0.25) is 5.91 Å². The highest BCUT2D eigenvalue weighted by Gasteiger charge is 2.19. The van der Waals surface area contributed by atoms with Gasteiger partial charge in [-0.3, -0.25) is 24.3 Å². The van der Waals surface area contributed by atoms with Crippen molar-refractivity contribution in [1.82, 2.24) is 9.55 Å². The average molecular weight is 467 g/mol. The molecular formula is C22H18N4O4S2. The highest BCUT2D eigenvalue weighted by Crippen LogP contribution is 2.29. The topological polar surface area (TPSA) is 107 Å². The van der Waals surface area contributed by atoms with Crippen LogP contribution < -0.4 is 10.9 Å². The molecule has 4 aromatic rings. The SMILES string of the molecule is Cc1sc2nc(SCC(=O)Nc3ccc([N+](=O)[O-])cc3)n(-c3ccccc3)c(=O)c2c1C. The number of thiophene rings is 1. The Labute approximate surface area is 191 Å². The Kier molecular flexibility index (Phi) is 6.06. The Morgan fingerprint density at radius 2 is 1.84 bits per heavy atom. The highest BCUT2D eigenvalue weighted by atomic mass is 32.2. The molecule has 1 amide bonds. The van der Waals surface area contributed by atoms with Crippen molar-refractivity contribution in [1.29, 1.82) is 0 Å². The zero-order valence-electron chi connectivity index (χ0n) is 17.2. The van der Waals surface area contributed by atoms with Gasteiger partial charge in [-0.15, -0.1) is 11.3 Å². The second-order valence-corrected chi connectivity index (χ2v) is 9.12. The molecule has 8 nitrogen and oxygen atoms in total. The standard InChI is InChI=1S/C22H18N4O4S2/c1-13-14(2)32-20-19(13)21(28)25(16-6-4-3-5-7-16)22(24-20)31-12-18(27)23-15-8-10-17(11-9-15)26(29)30/h3-11H,12H2,1-2H3,(H,23,27). The van der Waals surface area contributed by atoms with E-state index in [0.29, 0.717) is 26.7 Å². The molecule has 0 unspecified atom stereocenters. The van der Waals surface area contributed by atoms with Crippen LogP contribution in [-0.2, 0) is 4.79 Å². The fourth-order valence-electron chi connectivity index (χ4n) is 3.17. The van der Waals surface area contributed by atoms with Gasteiger partial charge in [-0.1, -0.05) is 30.0 Å². The lowest BCUT2D eigenvalue weighted by atomic mass is 10.2. The van der Waals surface area contributed by atoms with Gasteiger partial charge < -0.3 is 5.32 Å². The van der Waals surface area contributed by atoms with E-state index in [1.54, 1.807) is 0 Å². The Balaban J connectivity index is 1.63. The van der Waals surface area contributed by atoms with E-state index in [4.69, 9.17) is 4.98 Å². The molecule has 0 saturated heterocycles. The van der Waals surface area contributed by atoms with Gasteiger partial charge >= 0.3 is 0 Å². The summed E-state index contributed by atoms with van der Waals surface area (Å²) in [6, 6.07) is 14.8. The van der Waals surface area contributed by atoms with E-state index in [1.165, 1.54) is 40.2 Å². The quantitative estimate of drug-likeness (QED) is 0.191. The van der Waals surface area contributed by atoms with Crippen LogP contribution >= 0.6 is 23.1 Å². The zero-order valence-corrected chi connectivity index (χ0v) is 18.8. The molecule has 0 aliphatic rings. The molecular weight excluding hydrogens is 448 g/mol. The number of thioether (sulfide) groups is 1. The van der Waals surface area contributed by atoms with E-state index < -0.39 is 4.92 Å². The lowest BCUT2D eigenvalue weighted by molar-refractivity contribution is -0.384. The average Bonchev–Trinajstić information content (AvgIpc) is 3.07. The van der Waals surface area contributed by atoms with E-state index in [9.17, 15) is 19.7 Å². The van der Waals surface area contributed by atoms with E-state index >= 15 is 0 Å². The minimum atomic E-state index is -0.500. The minimum Gasteiger partial charge on any atom is -0.325 e. The third kappa shape index (κ3) is 4.27. The summed E-state index contributed by atoms with van der Waals surface area (Å²) < 4.78 is 1.53. The molecule has 0 bridgehead atoms. The van der Waals surface area contributed by atoms with Gasteiger partial charge in [0.15, 0.2) is 5.16 Å². The number of amides is 1. The van der Waals surface area contributed by atoms with Crippen molar-refractivity contribution in [3.63, 3.8) is 0 Å². The summed E-state index contributed by atoms with van der Waals surface area (Å²) in [4.78, 5) is 42.5. The van der Waals surface area contributed by atoms with E-state index in [0.717, 1.165) is 22.2 Å². The maximum Gasteiger partial charge on any atom is 0.269 e.